The molecular weight excluding hydrogens is 200 g/mol. The van der Waals surface area contributed by atoms with Crippen molar-refractivity contribution in [2.75, 3.05) is 0 Å². The molecule has 1 unspecified atom stereocenters. The highest BCUT2D eigenvalue weighted by molar-refractivity contribution is 7.05. The molecule has 1 atom stereocenters. The second-order valence-corrected chi connectivity index (χ2v) is 3.61. The zero-order chi connectivity index (χ0) is 9.97. The minimum absolute atomic E-state index is 0.669. The van der Waals surface area contributed by atoms with Crippen LogP contribution in [0.3, 0.4) is 0 Å². The number of aromatic nitrogens is 4. The molecule has 0 radical (unpaired) electrons. The van der Waals surface area contributed by atoms with Crippen LogP contribution >= 0.6 is 11.5 Å². The third kappa shape index (κ3) is 1.53. The number of nitrogens with zero attached hydrogens (tertiary/aromatic N) is 4. The van der Waals surface area contributed by atoms with Gasteiger partial charge in [0.15, 0.2) is 0 Å². The molecule has 14 heavy (non-hydrogen) atoms. The van der Waals surface area contributed by atoms with Gasteiger partial charge < -0.3 is 5.11 Å². The van der Waals surface area contributed by atoms with Crippen molar-refractivity contribution in [2.45, 2.75) is 19.6 Å². The molecule has 2 heterocycles. The Morgan fingerprint density at radius 1 is 1.64 bits per heavy atom. The van der Waals surface area contributed by atoms with Crippen LogP contribution in [0, 0.1) is 0 Å². The third-order valence-electron chi connectivity index (χ3n) is 1.98. The summed E-state index contributed by atoms with van der Waals surface area (Å²) in [6.45, 7) is 2.72. The lowest BCUT2D eigenvalue weighted by molar-refractivity contribution is 0.211. The maximum atomic E-state index is 9.95. The van der Waals surface area contributed by atoms with E-state index in [1.54, 1.807) is 23.1 Å². The Kier molecular flexibility index (Phi) is 2.55. The van der Waals surface area contributed by atoms with Crippen LogP contribution in [0.1, 0.15) is 23.6 Å². The Bertz CT molecular complexity index is 397. The van der Waals surface area contributed by atoms with Gasteiger partial charge in [0, 0.05) is 12.7 Å². The molecule has 6 heteroatoms. The van der Waals surface area contributed by atoms with Gasteiger partial charge in [-0.25, -0.2) is 0 Å². The predicted molar refractivity (Wildman–Crippen MR) is 51.9 cm³/mol. The van der Waals surface area contributed by atoms with Crippen LogP contribution < -0.4 is 0 Å². The van der Waals surface area contributed by atoms with Gasteiger partial charge in [-0.3, -0.25) is 4.68 Å². The van der Waals surface area contributed by atoms with E-state index in [1.165, 1.54) is 11.5 Å². The summed E-state index contributed by atoms with van der Waals surface area (Å²) < 4.78 is 5.46. The van der Waals surface area contributed by atoms with Gasteiger partial charge in [-0.1, -0.05) is 4.49 Å². The van der Waals surface area contributed by atoms with E-state index in [0.717, 1.165) is 17.1 Å². The summed E-state index contributed by atoms with van der Waals surface area (Å²) in [7, 11) is 0. The monoisotopic (exact) mass is 210 g/mol. The average molecular weight is 210 g/mol. The molecule has 0 aromatic carbocycles. The van der Waals surface area contributed by atoms with Gasteiger partial charge in [0.1, 0.15) is 6.10 Å². The minimum Gasteiger partial charge on any atom is -0.381 e. The van der Waals surface area contributed by atoms with E-state index in [4.69, 9.17) is 0 Å². The lowest BCUT2D eigenvalue weighted by Crippen LogP contribution is -2.07. The first-order valence-electron chi connectivity index (χ1n) is 4.30. The van der Waals surface area contributed by atoms with Crippen molar-refractivity contribution in [1.29, 1.82) is 0 Å². The molecule has 0 aliphatic heterocycles. The second-order valence-electron chi connectivity index (χ2n) is 2.79. The fourth-order valence-electron chi connectivity index (χ4n) is 1.28. The predicted octanol–water partition coefficient (Wildman–Crippen LogP) is 0.836. The first-order chi connectivity index (χ1) is 6.83. The summed E-state index contributed by atoms with van der Waals surface area (Å²) in [4.78, 5) is 0.736. The fourth-order valence-corrected chi connectivity index (χ4v) is 1.78. The number of hydrogen-bond donors (Lipinski definition) is 1. The van der Waals surface area contributed by atoms with Crippen LogP contribution in [0.25, 0.3) is 0 Å². The van der Waals surface area contributed by atoms with Crippen LogP contribution in [0.5, 0.6) is 0 Å². The van der Waals surface area contributed by atoms with Crippen LogP contribution in [-0.2, 0) is 6.54 Å². The molecule has 2 rings (SSSR count). The number of rotatable bonds is 3. The number of aliphatic hydroxyl groups excluding tert-OH is 1. The first-order valence-corrected chi connectivity index (χ1v) is 5.07. The van der Waals surface area contributed by atoms with Crippen molar-refractivity contribution in [3.8, 4) is 0 Å². The van der Waals surface area contributed by atoms with E-state index < -0.39 is 6.10 Å². The molecule has 0 aliphatic carbocycles. The molecular formula is C8H10N4OS. The summed E-state index contributed by atoms with van der Waals surface area (Å²) >= 11 is 1.20. The highest BCUT2D eigenvalue weighted by atomic mass is 32.1. The fraction of sp³-hybridized carbons (Fsp3) is 0.375. The third-order valence-corrected chi connectivity index (χ3v) is 2.69. The Hall–Kier alpha value is -1.27. The van der Waals surface area contributed by atoms with Crippen LogP contribution in [0.2, 0.25) is 0 Å². The molecule has 0 fully saturated rings. The maximum absolute atomic E-state index is 9.95. The molecule has 0 amide bonds. The topological polar surface area (TPSA) is 63.8 Å². The Morgan fingerprint density at radius 2 is 2.50 bits per heavy atom. The lowest BCUT2D eigenvalue weighted by atomic mass is 10.2. The second kappa shape index (κ2) is 3.85. The van der Waals surface area contributed by atoms with E-state index in [-0.39, 0.29) is 0 Å². The Labute approximate surface area is 85.2 Å². The quantitative estimate of drug-likeness (QED) is 0.815. The van der Waals surface area contributed by atoms with Crippen molar-refractivity contribution in [3.05, 3.63) is 29.0 Å². The minimum atomic E-state index is -0.669. The zero-order valence-corrected chi connectivity index (χ0v) is 8.48. The number of aryl methyl sites for hydroxylation is 1. The van der Waals surface area contributed by atoms with Gasteiger partial charge in [0.05, 0.1) is 16.8 Å². The highest BCUT2D eigenvalue weighted by Crippen LogP contribution is 2.22. The van der Waals surface area contributed by atoms with Gasteiger partial charge in [-0.15, -0.1) is 5.10 Å². The first kappa shape index (κ1) is 9.29. The molecule has 2 aromatic rings. The summed E-state index contributed by atoms with van der Waals surface area (Å²) in [5.74, 6) is 0. The van der Waals surface area contributed by atoms with Crippen molar-refractivity contribution in [3.63, 3.8) is 0 Å². The molecule has 0 bridgehead atoms. The Balaban J connectivity index is 2.31. The maximum Gasteiger partial charge on any atom is 0.133 e. The molecule has 2 aromatic heterocycles. The van der Waals surface area contributed by atoms with Crippen molar-refractivity contribution in [1.82, 2.24) is 19.4 Å². The van der Waals surface area contributed by atoms with E-state index in [2.05, 4.69) is 14.7 Å². The number of aliphatic hydroxyl groups is 1. The summed E-state index contributed by atoms with van der Waals surface area (Å²) in [5.41, 5.74) is 0.776. The van der Waals surface area contributed by atoms with Gasteiger partial charge in [0.25, 0.3) is 0 Å². The standard InChI is InChI=1S/C8H10N4OS/c1-2-12-6(3-4-10-12)8(13)7-5-9-11-14-7/h3-5,8,13H,2H2,1H3. The van der Waals surface area contributed by atoms with E-state index in [9.17, 15) is 5.11 Å². The smallest absolute Gasteiger partial charge is 0.133 e. The molecule has 0 spiro atoms. The van der Waals surface area contributed by atoms with Crippen LogP contribution in [0.15, 0.2) is 18.5 Å². The lowest BCUT2D eigenvalue weighted by Gasteiger charge is -2.08. The Morgan fingerprint density at radius 3 is 3.14 bits per heavy atom. The van der Waals surface area contributed by atoms with Gasteiger partial charge >= 0.3 is 0 Å². The molecule has 0 aliphatic rings. The van der Waals surface area contributed by atoms with Gasteiger partial charge in [-0.05, 0) is 24.5 Å². The van der Waals surface area contributed by atoms with Crippen molar-refractivity contribution in [2.24, 2.45) is 0 Å². The van der Waals surface area contributed by atoms with E-state index >= 15 is 0 Å². The van der Waals surface area contributed by atoms with Gasteiger partial charge in [0.2, 0.25) is 0 Å². The SMILES string of the molecule is CCn1nccc1C(O)c1cnns1. The average Bonchev–Trinajstić information content (AvgIpc) is 2.87. The highest BCUT2D eigenvalue weighted by Gasteiger charge is 2.16. The van der Waals surface area contributed by atoms with Crippen molar-refractivity contribution < 1.29 is 5.11 Å². The molecule has 74 valence electrons. The number of hydrogen-bond acceptors (Lipinski definition) is 5. The van der Waals surface area contributed by atoms with Gasteiger partial charge in [-0.2, -0.15) is 5.10 Å². The molecule has 1 N–H and O–H groups in total. The summed E-state index contributed by atoms with van der Waals surface area (Å²) in [6.07, 6.45) is 2.58. The van der Waals surface area contributed by atoms with E-state index in [0.29, 0.717) is 0 Å². The van der Waals surface area contributed by atoms with Crippen molar-refractivity contribution >= 4 is 11.5 Å². The van der Waals surface area contributed by atoms with Crippen LogP contribution in [-0.4, -0.2) is 24.5 Å². The normalized spacial score (nSPS) is 13.0. The van der Waals surface area contributed by atoms with Crippen LogP contribution in [0.4, 0.5) is 0 Å². The zero-order valence-electron chi connectivity index (χ0n) is 7.66. The molecule has 0 saturated carbocycles. The van der Waals surface area contributed by atoms with E-state index in [1.807, 2.05) is 6.92 Å². The largest absolute Gasteiger partial charge is 0.381 e. The molecule has 5 nitrogen and oxygen atoms in total. The molecule has 0 saturated heterocycles. The summed E-state index contributed by atoms with van der Waals surface area (Å²) in [5, 5.41) is 17.7. The summed E-state index contributed by atoms with van der Waals surface area (Å²) in [6, 6.07) is 1.80.